The lowest BCUT2D eigenvalue weighted by Crippen LogP contribution is -2.05. The molecule has 0 fully saturated rings. The number of phenolic OH excluding ortho intramolecular Hbond substituents is 1. The van der Waals surface area contributed by atoms with E-state index in [1.807, 2.05) is 24.3 Å². The highest BCUT2D eigenvalue weighted by atomic mass is 16.3. The summed E-state index contributed by atoms with van der Waals surface area (Å²) in [5, 5.41) is 19.2. The van der Waals surface area contributed by atoms with Gasteiger partial charge in [0.25, 0.3) is 0 Å². The molecule has 3 rings (SSSR count). The number of aromatic hydroxyl groups is 1. The zero-order valence-electron chi connectivity index (χ0n) is 13.1. The third-order valence-corrected chi connectivity index (χ3v) is 3.95. The molecule has 0 aromatic heterocycles. The number of phenols is 1. The van der Waals surface area contributed by atoms with Crippen LogP contribution in [0.3, 0.4) is 0 Å². The summed E-state index contributed by atoms with van der Waals surface area (Å²) in [5.74, 6) is 0.257. The fourth-order valence-corrected chi connectivity index (χ4v) is 2.61. The van der Waals surface area contributed by atoms with E-state index >= 15 is 0 Å². The monoisotopic (exact) mass is 304 g/mol. The summed E-state index contributed by atoms with van der Waals surface area (Å²) < 4.78 is 0. The second-order valence-electron chi connectivity index (χ2n) is 5.84. The lowest BCUT2D eigenvalue weighted by molar-refractivity contribution is 0.225. The number of aryl methyl sites for hydroxylation is 1. The smallest absolute Gasteiger partial charge is 0.115 e. The third kappa shape index (κ3) is 3.79. The fourth-order valence-electron chi connectivity index (χ4n) is 2.61. The normalized spacial score (nSPS) is 17.9. The van der Waals surface area contributed by atoms with E-state index in [0.29, 0.717) is 6.42 Å². The van der Waals surface area contributed by atoms with Gasteiger partial charge in [0.05, 0.1) is 6.10 Å². The van der Waals surface area contributed by atoms with Crippen LogP contribution in [0.25, 0.3) is 11.6 Å². The van der Waals surface area contributed by atoms with Gasteiger partial charge in [-0.05, 0) is 53.8 Å². The highest BCUT2D eigenvalue weighted by molar-refractivity contribution is 5.93. The van der Waals surface area contributed by atoms with Crippen LogP contribution in [0.2, 0.25) is 0 Å². The van der Waals surface area contributed by atoms with Gasteiger partial charge in [-0.2, -0.15) is 0 Å². The van der Waals surface area contributed by atoms with Crippen LogP contribution >= 0.6 is 0 Å². The number of allylic oxidation sites excluding steroid dienone is 3. The molecular formula is C21H20O2. The van der Waals surface area contributed by atoms with E-state index in [4.69, 9.17) is 0 Å². The number of hydrogen-bond acceptors (Lipinski definition) is 2. The first kappa shape index (κ1) is 15.3. The highest BCUT2D eigenvalue weighted by Gasteiger charge is 2.11. The van der Waals surface area contributed by atoms with Crippen LogP contribution in [-0.4, -0.2) is 16.3 Å². The van der Waals surface area contributed by atoms with Gasteiger partial charge in [0.2, 0.25) is 0 Å². The van der Waals surface area contributed by atoms with Crippen molar-refractivity contribution in [3.05, 3.63) is 89.0 Å². The van der Waals surface area contributed by atoms with Crippen molar-refractivity contribution in [2.75, 3.05) is 0 Å². The van der Waals surface area contributed by atoms with Gasteiger partial charge < -0.3 is 10.2 Å². The molecule has 0 bridgehead atoms. The van der Waals surface area contributed by atoms with E-state index in [0.717, 1.165) is 22.3 Å². The molecule has 0 saturated heterocycles. The minimum Gasteiger partial charge on any atom is -0.508 e. The molecule has 2 nitrogen and oxygen atoms in total. The summed E-state index contributed by atoms with van der Waals surface area (Å²) in [6.45, 7) is 2.07. The van der Waals surface area contributed by atoms with Crippen molar-refractivity contribution >= 4 is 11.6 Å². The molecule has 116 valence electrons. The van der Waals surface area contributed by atoms with Crippen LogP contribution in [0.4, 0.5) is 0 Å². The third-order valence-electron chi connectivity index (χ3n) is 3.95. The Morgan fingerprint density at radius 2 is 1.74 bits per heavy atom. The van der Waals surface area contributed by atoms with Crippen LogP contribution in [0, 0.1) is 6.92 Å². The molecule has 2 N–H and O–H groups in total. The summed E-state index contributed by atoms with van der Waals surface area (Å²) in [7, 11) is 0. The maximum atomic E-state index is 9.65. The lowest BCUT2D eigenvalue weighted by Gasteiger charge is -2.15. The summed E-state index contributed by atoms with van der Waals surface area (Å²) in [4.78, 5) is 0. The molecule has 0 heterocycles. The van der Waals surface area contributed by atoms with Crippen molar-refractivity contribution in [2.24, 2.45) is 0 Å². The van der Waals surface area contributed by atoms with Crippen molar-refractivity contribution in [1.29, 1.82) is 0 Å². The summed E-state index contributed by atoms with van der Waals surface area (Å²) >= 11 is 0. The maximum absolute atomic E-state index is 9.65. The number of aliphatic hydroxyl groups excluding tert-OH is 1. The van der Waals surface area contributed by atoms with E-state index in [-0.39, 0.29) is 5.75 Å². The molecule has 2 heteroatoms. The molecule has 0 saturated carbocycles. The standard InChI is InChI=1S/C21H20O2/c1-15-2-4-16(5-3-15)14-21(17-6-10-19(22)11-7-17)18-8-12-20(23)13-9-18/h2-12,14,20,22-23H,13H2,1H3/b21-14-. The molecule has 1 atom stereocenters. The first-order valence-corrected chi connectivity index (χ1v) is 7.76. The van der Waals surface area contributed by atoms with E-state index < -0.39 is 6.10 Å². The fraction of sp³-hybridized carbons (Fsp3) is 0.143. The van der Waals surface area contributed by atoms with Crippen molar-refractivity contribution in [3.8, 4) is 5.75 Å². The van der Waals surface area contributed by atoms with Crippen LogP contribution in [0.15, 0.2) is 72.3 Å². The van der Waals surface area contributed by atoms with Gasteiger partial charge in [0.1, 0.15) is 5.75 Å². The molecule has 0 aliphatic heterocycles. The Kier molecular flexibility index (Phi) is 4.45. The van der Waals surface area contributed by atoms with Crippen LogP contribution < -0.4 is 0 Å². The summed E-state index contributed by atoms with van der Waals surface area (Å²) in [6, 6.07) is 15.6. The van der Waals surface area contributed by atoms with E-state index in [1.165, 1.54) is 5.56 Å². The molecule has 0 spiro atoms. The van der Waals surface area contributed by atoms with Gasteiger partial charge in [-0.1, -0.05) is 60.2 Å². The lowest BCUT2D eigenvalue weighted by atomic mass is 9.91. The van der Waals surface area contributed by atoms with Crippen LogP contribution in [-0.2, 0) is 0 Å². The van der Waals surface area contributed by atoms with Crippen molar-refractivity contribution < 1.29 is 10.2 Å². The Balaban J connectivity index is 2.04. The molecule has 23 heavy (non-hydrogen) atoms. The zero-order valence-corrected chi connectivity index (χ0v) is 13.1. The SMILES string of the molecule is Cc1ccc(/C=C(\C2=CCC(O)C=C2)c2ccc(O)cc2)cc1. The van der Waals surface area contributed by atoms with E-state index in [9.17, 15) is 10.2 Å². The predicted molar refractivity (Wildman–Crippen MR) is 95.0 cm³/mol. The molecule has 1 aliphatic carbocycles. The predicted octanol–water partition coefficient (Wildman–Crippen LogP) is 4.49. The summed E-state index contributed by atoms with van der Waals surface area (Å²) in [6.07, 6.45) is 8.19. The van der Waals surface area contributed by atoms with Gasteiger partial charge in [-0.3, -0.25) is 0 Å². The minimum absolute atomic E-state index is 0.257. The quantitative estimate of drug-likeness (QED) is 0.820. The Morgan fingerprint density at radius 3 is 2.35 bits per heavy atom. The van der Waals surface area contributed by atoms with Gasteiger partial charge >= 0.3 is 0 Å². The molecule has 2 aromatic rings. The van der Waals surface area contributed by atoms with Gasteiger partial charge in [0.15, 0.2) is 0 Å². The van der Waals surface area contributed by atoms with Crippen molar-refractivity contribution in [1.82, 2.24) is 0 Å². The first-order valence-electron chi connectivity index (χ1n) is 7.76. The largest absolute Gasteiger partial charge is 0.508 e. The Bertz CT molecular complexity index is 762. The first-order chi connectivity index (χ1) is 11.1. The molecular weight excluding hydrogens is 284 g/mol. The molecule has 1 aliphatic rings. The van der Waals surface area contributed by atoms with Gasteiger partial charge in [-0.15, -0.1) is 0 Å². The maximum Gasteiger partial charge on any atom is 0.115 e. The highest BCUT2D eigenvalue weighted by Crippen LogP contribution is 2.30. The van der Waals surface area contributed by atoms with Gasteiger partial charge in [0, 0.05) is 0 Å². The topological polar surface area (TPSA) is 40.5 Å². The summed E-state index contributed by atoms with van der Waals surface area (Å²) in [5.41, 5.74) is 5.56. The Hall–Kier alpha value is -2.58. The second-order valence-corrected chi connectivity index (χ2v) is 5.84. The number of benzene rings is 2. The zero-order chi connectivity index (χ0) is 16.2. The van der Waals surface area contributed by atoms with Crippen LogP contribution in [0.5, 0.6) is 5.75 Å². The molecule has 0 radical (unpaired) electrons. The second kappa shape index (κ2) is 6.67. The number of rotatable bonds is 3. The van der Waals surface area contributed by atoms with Crippen molar-refractivity contribution in [2.45, 2.75) is 19.4 Å². The Labute approximate surface area is 136 Å². The van der Waals surface area contributed by atoms with E-state index in [1.54, 1.807) is 12.1 Å². The van der Waals surface area contributed by atoms with Crippen LogP contribution in [0.1, 0.15) is 23.1 Å². The average molecular weight is 304 g/mol. The average Bonchev–Trinajstić information content (AvgIpc) is 2.56. The molecule has 0 amide bonds. The molecule has 1 unspecified atom stereocenters. The minimum atomic E-state index is -0.404. The molecule has 2 aromatic carbocycles. The van der Waals surface area contributed by atoms with Crippen molar-refractivity contribution in [3.63, 3.8) is 0 Å². The number of hydrogen-bond donors (Lipinski definition) is 2. The van der Waals surface area contributed by atoms with Gasteiger partial charge in [-0.25, -0.2) is 0 Å². The number of aliphatic hydroxyl groups is 1. The van der Waals surface area contributed by atoms with E-state index in [2.05, 4.69) is 43.3 Å². The Morgan fingerprint density at radius 1 is 1.04 bits per heavy atom.